The van der Waals surface area contributed by atoms with E-state index in [2.05, 4.69) is 5.32 Å². The molecule has 0 aliphatic carbocycles. The van der Waals surface area contributed by atoms with Crippen LogP contribution in [0.4, 0.5) is 17.6 Å². The van der Waals surface area contributed by atoms with Crippen molar-refractivity contribution in [3.05, 3.63) is 35.1 Å². The minimum atomic E-state index is -4.58. The van der Waals surface area contributed by atoms with Crippen LogP contribution in [0.1, 0.15) is 18.1 Å². The normalized spacial score (nSPS) is 13.8. The summed E-state index contributed by atoms with van der Waals surface area (Å²) in [6.07, 6.45) is -5.23. The van der Waals surface area contributed by atoms with E-state index < -0.39 is 23.7 Å². The smallest absolute Gasteiger partial charge is 0.392 e. The molecule has 0 spiro atoms. The first-order valence-electron chi connectivity index (χ1n) is 5.05. The Labute approximate surface area is 96.3 Å². The topological polar surface area (TPSA) is 32.3 Å². The quantitative estimate of drug-likeness (QED) is 0.805. The molecule has 1 rings (SSSR count). The maximum atomic E-state index is 12.8. The highest BCUT2D eigenvalue weighted by Gasteiger charge is 2.33. The summed E-state index contributed by atoms with van der Waals surface area (Å²) in [4.78, 5) is 0. The van der Waals surface area contributed by atoms with Gasteiger partial charge in [0, 0.05) is 13.1 Å². The van der Waals surface area contributed by atoms with Crippen LogP contribution in [0.15, 0.2) is 18.2 Å². The summed E-state index contributed by atoms with van der Waals surface area (Å²) in [6, 6.07) is 2.54. The van der Waals surface area contributed by atoms with Gasteiger partial charge in [0.15, 0.2) is 0 Å². The summed E-state index contributed by atoms with van der Waals surface area (Å²) in [6.45, 7) is 1.62. The molecular weight excluding hydrogens is 238 g/mol. The van der Waals surface area contributed by atoms with E-state index in [0.29, 0.717) is 6.07 Å². The first kappa shape index (κ1) is 13.9. The third-order valence-corrected chi connectivity index (χ3v) is 2.13. The van der Waals surface area contributed by atoms with Crippen molar-refractivity contribution in [2.45, 2.75) is 25.7 Å². The molecule has 1 unspecified atom stereocenters. The lowest BCUT2D eigenvalue weighted by Gasteiger charge is -2.14. The molecule has 0 heterocycles. The highest BCUT2D eigenvalue weighted by molar-refractivity contribution is 5.30. The SMILES string of the molecule is CC(O)CNCc1ccc(F)cc1C(F)(F)F. The number of aliphatic hydroxyl groups is 1. The van der Waals surface area contributed by atoms with Gasteiger partial charge in [0.25, 0.3) is 0 Å². The van der Waals surface area contributed by atoms with Gasteiger partial charge in [-0.3, -0.25) is 0 Å². The van der Waals surface area contributed by atoms with Crippen LogP contribution < -0.4 is 5.32 Å². The molecule has 0 aromatic heterocycles. The number of rotatable bonds is 4. The monoisotopic (exact) mass is 251 g/mol. The van der Waals surface area contributed by atoms with Crippen molar-refractivity contribution in [1.82, 2.24) is 5.32 Å². The molecule has 0 aliphatic rings. The molecule has 0 fully saturated rings. The fourth-order valence-electron chi connectivity index (χ4n) is 1.38. The van der Waals surface area contributed by atoms with Crippen molar-refractivity contribution in [2.24, 2.45) is 0 Å². The summed E-state index contributed by atoms with van der Waals surface area (Å²) < 4.78 is 50.5. The minimum Gasteiger partial charge on any atom is -0.392 e. The van der Waals surface area contributed by atoms with E-state index in [0.717, 1.165) is 12.1 Å². The van der Waals surface area contributed by atoms with E-state index in [1.54, 1.807) is 0 Å². The number of benzene rings is 1. The van der Waals surface area contributed by atoms with Crippen LogP contribution in [-0.2, 0) is 12.7 Å². The van der Waals surface area contributed by atoms with Gasteiger partial charge in [-0.2, -0.15) is 13.2 Å². The molecule has 6 heteroatoms. The lowest BCUT2D eigenvalue weighted by Crippen LogP contribution is -2.25. The first-order valence-corrected chi connectivity index (χ1v) is 5.05. The van der Waals surface area contributed by atoms with E-state index in [9.17, 15) is 17.6 Å². The summed E-state index contributed by atoms with van der Waals surface area (Å²) in [5, 5.41) is 11.6. The largest absolute Gasteiger partial charge is 0.416 e. The maximum absolute atomic E-state index is 12.8. The molecular formula is C11H13F4NO. The van der Waals surface area contributed by atoms with Gasteiger partial charge < -0.3 is 10.4 Å². The van der Waals surface area contributed by atoms with Crippen molar-refractivity contribution in [2.75, 3.05) is 6.54 Å². The van der Waals surface area contributed by atoms with Crippen LogP contribution in [0.3, 0.4) is 0 Å². The number of halogens is 4. The van der Waals surface area contributed by atoms with E-state index in [-0.39, 0.29) is 18.7 Å². The maximum Gasteiger partial charge on any atom is 0.416 e. The Morgan fingerprint density at radius 2 is 2.00 bits per heavy atom. The average Bonchev–Trinajstić information content (AvgIpc) is 2.18. The van der Waals surface area contributed by atoms with E-state index in [1.165, 1.54) is 6.92 Å². The van der Waals surface area contributed by atoms with Crippen molar-refractivity contribution >= 4 is 0 Å². The third-order valence-electron chi connectivity index (χ3n) is 2.13. The Bertz CT molecular complexity index is 376. The van der Waals surface area contributed by atoms with Crippen molar-refractivity contribution < 1.29 is 22.7 Å². The zero-order chi connectivity index (χ0) is 13.1. The van der Waals surface area contributed by atoms with Crippen molar-refractivity contribution in [3.63, 3.8) is 0 Å². The first-order chi connectivity index (χ1) is 7.80. The van der Waals surface area contributed by atoms with Crippen LogP contribution in [0.5, 0.6) is 0 Å². The molecule has 0 amide bonds. The van der Waals surface area contributed by atoms with Crippen LogP contribution in [-0.4, -0.2) is 17.8 Å². The van der Waals surface area contributed by atoms with Gasteiger partial charge in [-0.25, -0.2) is 4.39 Å². The van der Waals surface area contributed by atoms with Gasteiger partial charge in [0.1, 0.15) is 5.82 Å². The Kier molecular flexibility index (Phi) is 4.47. The second-order valence-electron chi connectivity index (χ2n) is 3.78. The Balaban J connectivity index is 2.84. The summed E-state index contributed by atoms with van der Waals surface area (Å²) in [5.41, 5.74) is -1.03. The molecule has 2 N–H and O–H groups in total. The average molecular weight is 251 g/mol. The van der Waals surface area contributed by atoms with E-state index in [1.807, 2.05) is 0 Å². The second kappa shape index (κ2) is 5.46. The molecule has 1 atom stereocenters. The molecule has 0 saturated heterocycles. The van der Waals surface area contributed by atoms with Crippen LogP contribution in [0, 0.1) is 5.82 Å². The molecule has 1 aromatic rings. The Morgan fingerprint density at radius 3 is 2.53 bits per heavy atom. The van der Waals surface area contributed by atoms with Gasteiger partial charge in [0.2, 0.25) is 0 Å². The van der Waals surface area contributed by atoms with Gasteiger partial charge in [-0.15, -0.1) is 0 Å². The van der Waals surface area contributed by atoms with Crippen LogP contribution in [0.2, 0.25) is 0 Å². The molecule has 0 bridgehead atoms. The van der Waals surface area contributed by atoms with Crippen LogP contribution >= 0.6 is 0 Å². The summed E-state index contributed by atoms with van der Waals surface area (Å²) in [7, 11) is 0. The van der Waals surface area contributed by atoms with Crippen molar-refractivity contribution in [3.8, 4) is 0 Å². The van der Waals surface area contributed by atoms with E-state index in [4.69, 9.17) is 5.11 Å². The number of nitrogens with one attached hydrogen (secondary N) is 1. The number of alkyl halides is 3. The summed E-state index contributed by atoms with van der Waals surface area (Å²) in [5.74, 6) is -0.920. The number of hydrogen-bond donors (Lipinski definition) is 2. The molecule has 0 aliphatic heterocycles. The lowest BCUT2D eigenvalue weighted by atomic mass is 10.1. The van der Waals surface area contributed by atoms with E-state index >= 15 is 0 Å². The molecule has 96 valence electrons. The van der Waals surface area contributed by atoms with Crippen molar-refractivity contribution in [1.29, 1.82) is 0 Å². The van der Waals surface area contributed by atoms with Crippen LogP contribution in [0.25, 0.3) is 0 Å². The zero-order valence-electron chi connectivity index (χ0n) is 9.18. The Morgan fingerprint density at radius 1 is 1.35 bits per heavy atom. The number of aliphatic hydroxyl groups excluding tert-OH is 1. The van der Waals surface area contributed by atoms with Gasteiger partial charge in [0.05, 0.1) is 11.7 Å². The summed E-state index contributed by atoms with van der Waals surface area (Å²) >= 11 is 0. The highest BCUT2D eigenvalue weighted by Crippen LogP contribution is 2.32. The minimum absolute atomic E-state index is 0.0421. The molecule has 0 saturated carbocycles. The number of hydrogen-bond acceptors (Lipinski definition) is 2. The standard InChI is InChI=1S/C11H13F4NO/c1-7(17)5-16-6-8-2-3-9(12)4-10(8)11(13,14)15/h2-4,7,16-17H,5-6H2,1H3. The van der Waals surface area contributed by atoms with Gasteiger partial charge in [-0.05, 0) is 24.6 Å². The fraction of sp³-hybridized carbons (Fsp3) is 0.455. The second-order valence-corrected chi connectivity index (χ2v) is 3.78. The predicted molar refractivity (Wildman–Crippen MR) is 54.8 cm³/mol. The molecule has 2 nitrogen and oxygen atoms in total. The fourth-order valence-corrected chi connectivity index (χ4v) is 1.38. The Hall–Kier alpha value is -1.14. The zero-order valence-corrected chi connectivity index (χ0v) is 9.18. The molecule has 17 heavy (non-hydrogen) atoms. The molecule has 1 aromatic carbocycles. The lowest BCUT2D eigenvalue weighted by molar-refractivity contribution is -0.138. The third kappa shape index (κ3) is 4.32. The van der Waals surface area contributed by atoms with Gasteiger partial charge in [-0.1, -0.05) is 6.07 Å². The van der Waals surface area contributed by atoms with Gasteiger partial charge >= 0.3 is 6.18 Å². The molecule has 0 radical (unpaired) electrons. The predicted octanol–water partition coefficient (Wildman–Crippen LogP) is 2.31. The highest BCUT2D eigenvalue weighted by atomic mass is 19.4.